The second-order valence-electron chi connectivity index (χ2n) is 10.8. The zero-order valence-corrected chi connectivity index (χ0v) is 23.0. The summed E-state index contributed by atoms with van der Waals surface area (Å²) in [7, 11) is 0. The van der Waals surface area contributed by atoms with Crippen molar-refractivity contribution in [3.8, 4) is 0 Å². The Kier molecular flexibility index (Phi) is 7.36. The lowest BCUT2D eigenvalue weighted by molar-refractivity contribution is -0.0536. The molecular formula is C26H34ClFN6O3. The first-order chi connectivity index (χ1) is 17.3. The molecule has 9 nitrogen and oxygen atoms in total. The summed E-state index contributed by atoms with van der Waals surface area (Å²) in [5.41, 5.74) is 2.44. The average molecular weight is 533 g/mol. The van der Waals surface area contributed by atoms with Gasteiger partial charge in [-0.2, -0.15) is 0 Å². The Balaban J connectivity index is 1.94. The normalized spacial score (nSPS) is 20.3. The van der Waals surface area contributed by atoms with Gasteiger partial charge in [0.05, 0.1) is 22.5 Å². The van der Waals surface area contributed by atoms with Crippen LogP contribution in [0.15, 0.2) is 23.3 Å². The molecule has 1 fully saturated rings. The fourth-order valence-corrected chi connectivity index (χ4v) is 4.87. The Labute approximate surface area is 221 Å². The smallest absolute Gasteiger partial charge is 0.407 e. The lowest BCUT2D eigenvalue weighted by Gasteiger charge is -2.45. The minimum Gasteiger partial charge on any atom is -0.465 e. The Hall–Kier alpha value is -2.98. The third kappa shape index (κ3) is 5.36. The van der Waals surface area contributed by atoms with Gasteiger partial charge in [-0.25, -0.2) is 19.2 Å². The number of hydrogen-bond donors (Lipinski definition) is 1. The van der Waals surface area contributed by atoms with Crippen LogP contribution in [0, 0.1) is 12.7 Å². The van der Waals surface area contributed by atoms with Gasteiger partial charge in [0.2, 0.25) is 6.35 Å². The van der Waals surface area contributed by atoms with Crippen molar-refractivity contribution in [1.29, 1.82) is 0 Å². The van der Waals surface area contributed by atoms with Gasteiger partial charge in [0.25, 0.3) is 0 Å². The number of hydrogen-bond acceptors (Lipinski definition) is 7. The molecule has 2 aromatic rings. The zero-order chi connectivity index (χ0) is 27.2. The molecule has 1 saturated heterocycles. The molecule has 37 heavy (non-hydrogen) atoms. The fourth-order valence-electron chi connectivity index (χ4n) is 4.74. The predicted molar refractivity (Wildman–Crippen MR) is 141 cm³/mol. The third-order valence-corrected chi connectivity index (χ3v) is 6.67. The summed E-state index contributed by atoms with van der Waals surface area (Å²) in [6.07, 6.45) is -0.0471. The molecule has 0 spiro atoms. The number of amides is 1. The topological polar surface area (TPSA) is 94.4 Å². The molecule has 4 rings (SSSR count). The second kappa shape index (κ2) is 10.1. The van der Waals surface area contributed by atoms with Crippen LogP contribution in [0.1, 0.15) is 64.3 Å². The Morgan fingerprint density at radius 3 is 2.59 bits per heavy atom. The minimum absolute atomic E-state index is 0.0825. The SMILES string of the molecule is Cc1ccnc(C(C)C)c1N1c2nc(Cl)c(F)cc2C(N2CCN(C(=O)O)C[C@@H]2C)=NC1OC(C)(C)C. The van der Waals surface area contributed by atoms with Crippen molar-refractivity contribution >= 4 is 35.0 Å². The van der Waals surface area contributed by atoms with Crippen molar-refractivity contribution in [3.05, 3.63) is 46.1 Å². The van der Waals surface area contributed by atoms with Gasteiger partial charge in [0.15, 0.2) is 11.0 Å². The number of aliphatic imine (C=N–C) groups is 1. The molecule has 11 heteroatoms. The molecule has 0 radical (unpaired) electrons. The van der Waals surface area contributed by atoms with E-state index in [9.17, 15) is 14.3 Å². The number of nitrogens with zero attached hydrogens (tertiary/aromatic N) is 6. The number of anilines is 2. The summed E-state index contributed by atoms with van der Waals surface area (Å²) < 4.78 is 21.4. The number of amidine groups is 1. The molecule has 2 aliphatic heterocycles. The van der Waals surface area contributed by atoms with E-state index in [1.165, 1.54) is 11.0 Å². The van der Waals surface area contributed by atoms with Crippen LogP contribution in [-0.2, 0) is 4.74 Å². The van der Waals surface area contributed by atoms with Crippen LogP contribution in [0.2, 0.25) is 5.15 Å². The van der Waals surface area contributed by atoms with E-state index in [2.05, 4.69) is 23.8 Å². The van der Waals surface area contributed by atoms with Crippen molar-refractivity contribution in [2.45, 2.75) is 72.4 Å². The van der Waals surface area contributed by atoms with Gasteiger partial charge in [-0.3, -0.25) is 9.88 Å². The highest BCUT2D eigenvalue weighted by Gasteiger charge is 2.40. The maximum absolute atomic E-state index is 14.9. The summed E-state index contributed by atoms with van der Waals surface area (Å²) >= 11 is 6.24. The number of pyridine rings is 2. The molecule has 0 saturated carbocycles. The second-order valence-corrected chi connectivity index (χ2v) is 11.2. The van der Waals surface area contributed by atoms with Crippen LogP contribution in [0.3, 0.4) is 0 Å². The number of aromatic nitrogens is 2. The molecule has 0 bridgehead atoms. The molecular weight excluding hydrogens is 499 g/mol. The molecule has 4 heterocycles. The number of halogens is 2. The maximum Gasteiger partial charge on any atom is 0.407 e. The van der Waals surface area contributed by atoms with Crippen LogP contribution >= 0.6 is 11.6 Å². The van der Waals surface area contributed by atoms with E-state index < -0.39 is 23.9 Å². The lowest BCUT2D eigenvalue weighted by Crippen LogP contribution is -2.57. The molecule has 200 valence electrons. The lowest BCUT2D eigenvalue weighted by atomic mass is 10.0. The van der Waals surface area contributed by atoms with Crippen molar-refractivity contribution in [2.24, 2.45) is 4.99 Å². The van der Waals surface area contributed by atoms with Gasteiger partial charge in [0, 0.05) is 31.9 Å². The van der Waals surface area contributed by atoms with Gasteiger partial charge in [-0.05, 0) is 58.2 Å². The van der Waals surface area contributed by atoms with E-state index in [1.54, 1.807) is 6.20 Å². The zero-order valence-electron chi connectivity index (χ0n) is 22.3. The number of carboxylic acid groups (broad SMARTS) is 1. The van der Waals surface area contributed by atoms with E-state index in [4.69, 9.17) is 21.3 Å². The summed E-state index contributed by atoms with van der Waals surface area (Å²) in [6.45, 7) is 14.8. The largest absolute Gasteiger partial charge is 0.465 e. The van der Waals surface area contributed by atoms with Gasteiger partial charge >= 0.3 is 6.09 Å². The highest BCUT2D eigenvalue weighted by Crippen LogP contribution is 2.42. The van der Waals surface area contributed by atoms with Crippen LogP contribution in [0.25, 0.3) is 0 Å². The van der Waals surface area contributed by atoms with Crippen LogP contribution in [0.4, 0.5) is 20.7 Å². The molecule has 2 atom stereocenters. The van der Waals surface area contributed by atoms with Crippen molar-refractivity contribution in [1.82, 2.24) is 19.8 Å². The number of rotatable bonds is 3. The van der Waals surface area contributed by atoms with Crippen LogP contribution in [0.5, 0.6) is 0 Å². The molecule has 1 N–H and O–H groups in total. The third-order valence-electron chi connectivity index (χ3n) is 6.41. The van der Waals surface area contributed by atoms with Crippen LogP contribution in [-0.4, -0.2) is 74.4 Å². The Morgan fingerprint density at radius 2 is 2.00 bits per heavy atom. The number of piperazine rings is 1. The van der Waals surface area contributed by atoms with Gasteiger partial charge in [0.1, 0.15) is 11.7 Å². The van der Waals surface area contributed by atoms with Gasteiger partial charge in [-0.15, -0.1) is 0 Å². The van der Waals surface area contributed by atoms with Crippen molar-refractivity contribution < 1.29 is 19.0 Å². The molecule has 1 amide bonds. The maximum atomic E-state index is 14.9. The number of ether oxygens (including phenoxy) is 1. The summed E-state index contributed by atoms with van der Waals surface area (Å²) in [4.78, 5) is 31.0. The van der Waals surface area contributed by atoms with E-state index in [0.717, 1.165) is 16.9 Å². The predicted octanol–water partition coefficient (Wildman–Crippen LogP) is 5.38. The standard InChI is InChI=1S/C26H34ClFN6O3/c1-14(2)19-20(15(3)8-9-29-19)34-23-17(12-18(28)21(27)30-23)22(31-24(34)37-26(5,6)7)33-11-10-32(25(35)36)13-16(33)4/h8-9,12,14,16,24H,10-11,13H2,1-7H3,(H,35,36)/t16-,24?/m0/s1. The van der Waals surface area contributed by atoms with Crippen molar-refractivity contribution in [2.75, 3.05) is 24.5 Å². The Bertz CT molecular complexity index is 1230. The first-order valence-electron chi connectivity index (χ1n) is 12.4. The number of aryl methyl sites for hydroxylation is 1. The Morgan fingerprint density at radius 1 is 1.30 bits per heavy atom. The highest BCUT2D eigenvalue weighted by atomic mass is 35.5. The minimum atomic E-state index is -0.967. The van der Waals surface area contributed by atoms with Gasteiger partial charge in [-0.1, -0.05) is 25.4 Å². The molecule has 1 unspecified atom stereocenters. The van der Waals surface area contributed by atoms with E-state index in [1.807, 2.05) is 50.5 Å². The summed E-state index contributed by atoms with van der Waals surface area (Å²) in [6, 6.07) is 3.05. The number of carbonyl (C=O) groups is 1. The molecule has 0 aliphatic carbocycles. The summed E-state index contributed by atoms with van der Waals surface area (Å²) in [5, 5.41) is 9.22. The van der Waals surface area contributed by atoms with E-state index in [-0.39, 0.29) is 17.1 Å². The average Bonchev–Trinajstić information content (AvgIpc) is 2.79. The van der Waals surface area contributed by atoms with Crippen LogP contribution < -0.4 is 4.90 Å². The fraction of sp³-hybridized carbons (Fsp3) is 0.538. The van der Waals surface area contributed by atoms with E-state index >= 15 is 0 Å². The molecule has 2 aliphatic rings. The quantitative estimate of drug-likeness (QED) is 0.530. The number of fused-ring (bicyclic) bond motifs is 1. The first kappa shape index (κ1) is 27.1. The first-order valence-corrected chi connectivity index (χ1v) is 12.8. The monoisotopic (exact) mass is 532 g/mol. The summed E-state index contributed by atoms with van der Waals surface area (Å²) in [5.74, 6) is 0.330. The highest BCUT2D eigenvalue weighted by molar-refractivity contribution is 6.30. The molecule has 2 aromatic heterocycles. The molecule has 0 aromatic carbocycles. The van der Waals surface area contributed by atoms with E-state index in [0.29, 0.717) is 36.9 Å². The van der Waals surface area contributed by atoms with Crippen molar-refractivity contribution in [3.63, 3.8) is 0 Å². The van der Waals surface area contributed by atoms with Gasteiger partial charge < -0.3 is 19.6 Å².